The molecule has 0 radical (unpaired) electrons. The minimum Gasteiger partial charge on any atom is -0.496 e. The minimum absolute atomic E-state index is 0.00298. The zero-order chi connectivity index (χ0) is 23.8. The molecule has 0 bridgehead atoms. The molecule has 0 aliphatic carbocycles. The van der Waals surface area contributed by atoms with Crippen LogP contribution in [0.25, 0.3) is 0 Å². The quantitative estimate of drug-likeness (QED) is 0.643. The SMILES string of the molecule is CCCCN1C(=O)CC[C@H](C(=O)NC2CCN(C(=O)OCC)CC2)[C@@H]1c1ccccc1OC. The second kappa shape index (κ2) is 11.9. The minimum atomic E-state index is -0.353. The van der Waals surface area contributed by atoms with E-state index in [0.717, 1.165) is 18.4 Å². The summed E-state index contributed by atoms with van der Waals surface area (Å²) >= 11 is 0. The van der Waals surface area contributed by atoms with E-state index in [2.05, 4.69) is 12.2 Å². The molecule has 2 saturated heterocycles. The van der Waals surface area contributed by atoms with Gasteiger partial charge in [0.05, 0.1) is 25.7 Å². The standard InChI is InChI=1S/C25H37N3O5/c1-4-6-15-28-22(29)12-11-20(23(28)19-9-7-8-10-21(19)32-3)24(30)26-18-13-16-27(17-14-18)25(31)33-5-2/h7-10,18,20,23H,4-6,11-17H2,1-3H3,(H,26,30)/t20-,23-/m0/s1. The first kappa shape index (κ1) is 24.9. The Hall–Kier alpha value is -2.77. The van der Waals surface area contributed by atoms with Gasteiger partial charge in [0.15, 0.2) is 0 Å². The van der Waals surface area contributed by atoms with E-state index in [1.54, 1.807) is 18.9 Å². The number of nitrogens with one attached hydrogen (secondary N) is 1. The van der Waals surface area contributed by atoms with Gasteiger partial charge in [-0.25, -0.2) is 4.79 Å². The largest absolute Gasteiger partial charge is 0.496 e. The third-order valence-electron chi connectivity index (χ3n) is 6.62. The molecule has 1 N–H and O–H groups in total. The Morgan fingerprint density at radius 2 is 1.85 bits per heavy atom. The second-order valence-corrected chi connectivity index (χ2v) is 8.74. The Morgan fingerprint density at radius 3 is 2.52 bits per heavy atom. The average molecular weight is 460 g/mol. The fourth-order valence-corrected chi connectivity index (χ4v) is 4.84. The highest BCUT2D eigenvalue weighted by molar-refractivity contribution is 5.85. The first-order valence-electron chi connectivity index (χ1n) is 12.1. The molecule has 1 aromatic carbocycles. The van der Waals surface area contributed by atoms with E-state index < -0.39 is 0 Å². The number of likely N-dealkylation sites (tertiary alicyclic amines) is 2. The van der Waals surface area contributed by atoms with Crippen LogP contribution in [-0.2, 0) is 14.3 Å². The Labute approximate surface area is 196 Å². The third-order valence-corrected chi connectivity index (χ3v) is 6.62. The van der Waals surface area contributed by atoms with Crippen molar-refractivity contribution in [3.63, 3.8) is 0 Å². The van der Waals surface area contributed by atoms with Crippen molar-refractivity contribution in [2.24, 2.45) is 5.92 Å². The molecule has 0 spiro atoms. The molecular formula is C25H37N3O5. The van der Waals surface area contributed by atoms with E-state index in [4.69, 9.17) is 9.47 Å². The summed E-state index contributed by atoms with van der Waals surface area (Å²) in [6.45, 7) is 5.99. The molecule has 182 valence electrons. The summed E-state index contributed by atoms with van der Waals surface area (Å²) < 4.78 is 10.7. The van der Waals surface area contributed by atoms with Crippen LogP contribution < -0.4 is 10.1 Å². The molecule has 0 unspecified atom stereocenters. The number of rotatable bonds is 8. The van der Waals surface area contributed by atoms with Crippen molar-refractivity contribution in [1.82, 2.24) is 15.1 Å². The summed E-state index contributed by atoms with van der Waals surface area (Å²) in [5.74, 6) is 0.402. The number of unbranched alkanes of at least 4 members (excludes halogenated alkanes) is 1. The molecule has 2 aliphatic rings. The lowest BCUT2D eigenvalue weighted by atomic mass is 9.82. The molecule has 1 aromatic rings. The zero-order valence-corrected chi connectivity index (χ0v) is 20.0. The lowest BCUT2D eigenvalue weighted by Crippen LogP contribution is -2.52. The summed E-state index contributed by atoms with van der Waals surface area (Å²) in [5.41, 5.74) is 0.876. The van der Waals surface area contributed by atoms with E-state index >= 15 is 0 Å². The van der Waals surface area contributed by atoms with Gasteiger partial charge in [-0.1, -0.05) is 31.5 Å². The Balaban J connectivity index is 1.75. The Morgan fingerprint density at radius 1 is 1.12 bits per heavy atom. The maximum absolute atomic E-state index is 13.5. The first-order chi connectivity index (χ1) is 16.0. The van der Waals surface area contributed by atoms with Gasteiger partial charge in [0.25, 0.3) is 0 Å². The number of amides is 3. The summed E-state index contributed by atoms with van der Waals surface area (Å²) in [6, 6.07) is 7.31. The number of benzene rings is 1. The Kier molecular flexibility index (Phi) is 8.97. The van der Waals surface area contributed by atoms with Gasteiger partial charge in [0.2, 0.25) is 11.8 Å². The van der Waals surface area contributed by atoms with E-state index in [0.29, 0.717) is 57.7 Å². The Bertz CT molecular complexity index is 822. The van der Waals surface area contributed by atoms with Crippen molar-refractivity contribution in [3.8, 4) is 5.75 Å². The maximum atomic E-state index is 13.5. The van der Waals surface area contributed by atoms with Gasteiger partial charge >= 0.3 is 6.09 Å². The number of carbonyl (C=O) groups excluding carboxylic acids is 3. The summed E-state index contributed by atoms with van der Waals surface area (Å²) in [6.07, 6.45) is 3.82. The van der Waals surface area contributed by atoms with Crippen molar-refractivity contribution in [2.45, 2.75) is 64.5 Å². The molecule has 2 atom stereocenters. The van der Waals surface area contributed by atoms with Crippen LogP contribution in [0, 0.1) is 5.92 Å². The van der Waals surface area contributed by atoms with Gasteiger partial charge in [-0.05, 0) is 38.7 Å². The molecule has 33 heavy (non-hydrogen) atoms. The van der Waals surface area contributed by atoms with Crippen LogP contribution >= 0.6 is 0 Å². The first-order valence-corrected chi connectivity index (χ1v) is 12.1. The zero-order valence-electron chi connectivity index (χ0n) is 20.0. The molecule has 2 aliphatic heterocycles. The molecule has 0 aromatic heterocycles. The van der Waals surface area contributed by atoms with E-state index in [-0.39, 0.29) is 35.9 Å². The van der Waals surface area contributed by atoms with Gasteiger partial charge < -0.3 is 24.6 Å². The molecule has 3 amide bonds. The lowest BCUT2D eigenvalue weighted by molar-refractivity contribution is -0.143. The highest BCUT2D eigenvalue weighted by atomic mass is 16.6. The van der Waals surface area contributed by atoms with Crippen molar-refractivity contribution in [3.05, 3.63) is 29.8 Å². The van der Waals surface area contributed by atoms with Crippen molar-refractivity contribution >= 4 is 17.9 Å². The monoisotopic (exact) mass is 459 g/mol. The van der Waals surface area contributed by atoms with Crippen LogP contribution in [0.15, 0.2) is 24.3 Å². The van der Waals surface area contributed by atoms with Gasteiger partial charge in [-0.15, -0.1) is 0 Å². The predicted octanol–water partition coefficient (Wildman–Crippen LogP) is 3.51. The normalized spacial score (nSPS) is 21.6. The molecular weight excluding hydrogens is 422 g/mol. The van der Waals surface area contributed by atoms with Gasteiger partial charge in [-0.2, -0.15) is 0 Å². The van der Waals surface area contributed by atoms with Crippen LogP contribution in [-0.4, -0.2) is 67.1 Å². The summed E-state index contributed by atoms with van der Waals surface area (Å²) in [5, 5.41) is 3.21. The van der Waals surface area contributed by atoms with E-state index in [9.17, 15) is 14.4 Å². The summed E-state index contributed by atoms with van der Waals surface area (Å²) in [7, 11) is 1.62. The molecule has 3 rings (SSSR count). The van der Waals surface area contributed by atoms with Crippen LogP contribution in [0.1, 0.15) is 64.0 Å². The molecule has 8 heteroatoms. The number of ether oxygens (including phenoxy) is 2. The number of piperidine rings is 2. The van der Waals surface area contributed by atoms with Gasteiger partial charge in [0, 0.05) is 37.7 Å². The van der Waals surface area contributed by atoms with Gasteiger partial charge in [0.1, 0.15) is 5.75 Å². The predicted molar refractivity (Wildman–Crippen MR) is 125 cm³/mol. The average Bonchev–Trinajstić information content (AvgIpc) is 2.83. The number of para-hydroxylation sites is 1. The highest BCUT2D eigenvalue weighted by Gasteiger charge is 2.42. The van der Waals surface area contributed by atoms with Crippen LogP contribution in [0.4, 0.5) is 4.79 Å². The van der Waals surface area contributed by atoms with Crippen molar-refractivity contribution < 1.29 is 23.9 Å². The number of hydrogen-bond acceptors (Lipinski definition) is 5. The number of nitrogens with zero attached hydrogens (tertiary/aromatic N) is 2. The van der Waals surface area contributed by atoms with Crippen molar-refractivity contribution in [1.29, 1.82) is 0 Å². The van der Waals surface area contributed by atoms with Crippen LogP contribution in [0.5, 0.6) is 5.75 Å². The topological polar surface area (TPSA) is 88.2 Å². The number of carbonyl (C=O) groups is 3. The summed E-state index contributed by atoms with van der Waals surface area (Å²) in [4.78, 5) is 41.9. The molecule has 2 fully saturated rings. The van der Waals surface area contributed by atoms with Crippen LogP contribution in [0.3, 0.4) is 0 Å². The lowest BCUT2D eigenvalue weighted by Gasteiger charge is -2.42. The second-order valence-electron chi connectivity index (χ2n) is 8.74. The highest BCUT2D eigenvalue weighted by Crippen LogP contribution is 2.41. The molecule has 8 nitrogen and oxygen atoms in total. The molecule has 2 heterocycles. The fraction of sp³-hybridized carbons (Fsp3) is 0.640. The molecule has 0 saturated carbocycles. The van der Waals surface area contributed by atoms with E-state index in [1.165, 1.54) is 0 Å². The van der Waals surface area contributed by atoms with E-state index in [1.807, 2.05) is 29.2 Å². The number of methoxy groups -OCH3 is 1. The third kappa shape index (κ3) is 5.97. The van der Waals surface area contributed by atoms with Gasteiger partial charge in [-0.3, -0.25) is 9.59 Å². The smallest absolute Gasteiger partial charge is 0.409 e. The fourth-order valence-electron chi connectivity index (χ4n) is 4.84. The van der Waals surface area contributed by atoms with Crippen LogP contribution in [0.2, 0.25) is 0 Å². The van der Waals surface area contributed by atoms with Crippen molar-refractivity contribution in [2.75, 3.05) is 33.4 Å². The maximum Gasteiger partial charge on any atom is 0.409 e. The number of hydrogen-bond donors (Lipinski definition) is 1.